The lowest BCUT2D eigenvalue weighted by Gasteiger charge is -2.24. The summed E-state index contributed by atoms with van der Waals surface area (Å²) in [4.78, 5) is 24.7. The Balaban J connectivity index is 0.00000289. The van der Waals surface area contributed by atoms with E-state index in [0.717, 1.165) is 0 Å². The first-order valence-electron chi connectivity index (χ1n) is 5.23. The SMILES string of the molecule is C.C=CCOC(=O)C(C#N)[C@@H]1SCC(=O)N1CC. The van der Waals surface area contributed by atoms with Gasteiger partial charge in [-0.1, -0.05) is 20.1 Å². The molecular weight excluding hydrogens is 252 g/mol. The monoisotopic (exact) mass is 270 g/mol. The van der Waals surface area contributed by atoms with Crippen LogP contribution in [0.25, 0.3) is 0 Å². The van der Waals surface area contributed by atoms with Gasteiger partial charge in [-0.3, -0.25) is 9.59 Å². The van der Waals surface area contributed by atoms with Crippen molar-refractivity contribution < 1.29 is 14.3 Å². The highest BCUT2D eigenvalue weighted by Gasteiger charge is 2.40. The molecule has 1 aliphatic rings. The summed E-state index contributed by atoms with van der Waals surface area (Å²) in [6.07, 6.45) is 1.44. The molecule has 100 valence electrons. The van der Waals surface area contributed by atoms with Gasteiger partial charge in [-0.15, -0.1) is 11.8 Å². The van der Waals surface area contributed by atoms with Gasteiger partial charge in [-0.2, -0.15) is 5.26 Å². The number of rotatable bonds is 5. The number of thioether (sulfide) groups is 1. The third-order valence-electron chi connectivity index (χ3n) is 2.37. The molecule has 6 heteroatoms. The third-order valence-corrected chi connectivity index (χ3v) is 3.65. The summed E-state index contributed by atoms with van der Waals surface area (Å²) in [6.45, 7) is 5.82. The largest absolute Gasteiger partial charge is 0.460 e. The van der Waals surface area contributed by atoms with Crippen molar-refractivity contribution in [1.82, 2.24) is 4.90 Å². The molecule has 2 atom stereocenters. The number of hydrogen-bond donors (Lipinski definition) is 0. The van der Waals surface area contributed by atoms with Gasteiger partial charge in [-0.25, -0.2) is 0 Å². The Labute approximate surface area is 112 Å². The summed E-state index contributed by atoms with van der Waals surface area (Å²) in [7, 11) is 0. The third kappa shape index (κ3) is 3.50. The van der Waals surface area contributed by atoms with Gasteiger partial charge in [-0.05, 0) is 6.92 Å². The van der Waals surface area contributed by atoms with Crippen LogP contribution in [0.2, 0.25) is 0 Å². The fourth-order valence-corrected chi connectivity index (χ4v) is 2.86. The maximum Gasteiger partial charge on any atom is 0.326 e. The van der Waals surface area contributed by atoms with Gasteiger partial charge < -0.3 is 9.64 Å². The molecule has 1 unspecified atom stereocenters. The fraction of sp³-hybridized carbons (Fsp3) is 0.583. The van der Waals surface area contributed by atoms with Gasteiger partial charge in [0.15, 0.2) is 5.92 Å². The number of amides is 1. The summed E-state index contributed by atoms with van der Waals surface area (Å²) in [6, 6.07) is 1.91. The Morgan fingerprint density at radius 1 is 1.83 bits per heavy atom. The molecule has 5 nitrogen and oxygen atoms in total. The van der Waals surface area contributed by atoms with E-state index in [0.29, 0.717) is 12.3 Å². The first-order chi connectivity index (χ1) is 8.15. The van der Waals surface area contributed by atoms with Crippen molar-refractivity contribution in [2.24, 2.45) is 5.92 Å². The second-order valence-electron chi connectivity index (χ2n) is 3.41. The van der Waals surface area contributed by atoms with Crippen molar-refractivity contribution in [3.8, 4) is 6.07 Å². The van der Waals surface area contributed by atoms with E-state index in [2.05, 4.69) is 6.58 Å². The van der Waals surface area contributed by atoms with Gasteiger partial charge >= 0.3 is 5.97 Å². The minimum atomic E-state index is -0.939. The summed E-state index contributed by atoms with van der Waals surface area (Å²) in [5.74, 6) is -1.27. The van der Waals surface area contributed by atoms with E-state index < -0.39 is 17.3 Å². The Kier molecular flexibility index (Phi) is 7.13. The van der Waals surface area contributed by atoms with Crippen LogP contribution in [0.1, 0.15) is 14.4 Å². The smallest absolute Gasteiger partial charge is 0.326 e. The number of nitrogens with zero attached hydrogens (tertiary/aromatic N) is 2. The second kappa shape index (κ2) is 7.77. The maximum absolute atomic E-state index is 11.6. The first kappa shape index (κ1) is 16.5. The molecular formula is C12H18N2O3S. The maximum atomic E-state index is 11.6. The van der Waals surface area contributed by atoms with Crippen LogP contribution in [0.4, 0.5) is 0 Å². The molecule has 0 radical (unpaired) electrons. The van der Waals surface area contributed by atoms with Crippen LogP contribution >= 0.6 is 11.8 Å². The molecule has 0 saturated carbocycles. The molecule has 0 aromatic heterocycles. The normalized spacial score (nSPS) is 19.7. The topological polar surface area (TPSA) is 70.4 Å². The number of ether oxygens (including phenoxy) is 1. The van der Waals surface area contributed by atoms with E-state index in [-0.39, 0.29) is 19.9 Å². The molecule has 1 heterocycles. The Hall–Kier alpha value is -1.48. The lowest BCUT2D eigenvalue weighted by atomic mass is 10.1. The fourth-order valence-electron chi connectivity index (χ4n) is 1.57. The Morgan fingerprint density at radius 2 is 2.50 bits per heavy atom. The minimum absolute atomic E-state index is 0. The van der Waals surface area contributed by atoms with E-state index >= 15 is 0 Å². The van der Waals surface area contributed by atoms with Gasteiger partial charge in [0.2, 0.25) is 5.91 Å². The van der Waals surface area contributed by atoms with Gasteiger partial charge in [0.1, 0.15) is 12.0 Å². The molecule has 0 bridgehead atoms. The van der Waals surface area contributed by atoms with Crippen LogP contribution in [0.15, 0.2) is 12.7 Å². The number of carbonyl (C=O) groups is 2. The van der Waals surface area contributed by atoms with Crippen molar-refractivity contribution in [3.05, 3.63) is 12.7 Å². The predicted molar refractivity (Wildman–Crippen MR) is 70.6 cm³/mol. The molecule has 1 aliphatic heterocycles. The molecule has 0 aromatic rings. The van der Waals surface area contributed by atoms with Crippen LogP contribution in [0.5, 0.6) is 0 Å². The van der Waals surface area contributed by atoms with Crippen molar-refractivity contribution in [2.45, 2.75) is 19.7 Å². The van der Waals surface area contributed by atoms with Crippen LogP contribution in [0.3, 0.4) is 0 Å². The zero-order valence-corrected chi connectivity index (χ0v) is 10.4. The lowest BCUT2D eigenvalue weighted by Crippen LogP contribution is -2.40. The Bertz CT molecular complexity index is 365. The average molecular weight is 270 g/mol. The number of nitriles is 1. The van der Waals surface area contributed by atoms with E-state index in [1.807, 2.05) is 13.0 Å². The van der Waals surface area contributed by atoms with Crippen LogP contribution in [-0.2, 0) is 14.3 Å². The van der Waals surface area contributed by atoms with Crippen molar-refractivity contribution >= 4 is 23.6 Å². The first-order valence-corrected chi connectivity index (χ1v) is 6.28. The Morgan fingerprint density at radius 3 is 3.00 bits per heavy atom. The molecule has 1 amide bonds. The van der Waals surface area contributed by atoms with E-state index in [1.54, 1.807) is 0 Å². The highest BCUT2D eigenvalue weighted by Crippen LogP contribution is 2.30. The second-order valence-corrected chi connectivity index (χ2v) is 4.51. The van der Waals surface area contributed by atoms with Crippen LogP contribution < -0.4 is 0 Å². The van der Waals surface area contributed by atoms with Crippen molar-refractivity contribution in [2.75, 3.05) is 18.9 Å². The molecule has 1 saturated heterocycles. The molecule has 1 fully saturated rings. The summed E-state index contributed by atoms with van der Waals surface area (Å²) >= 11 is 1.30. The minimum Gasteiger partial charge on any atom is -0.460 e. The predicted octanol–water partition coefficient (Wildman–Crippen LogP) is 1.41. The molecule has 0 aromatic carbocycles. The van der Waals surface area contributed by atoms with Crippen LogP contribution in [-0.4, -0.2) is 41.1 Å². The van der Waals surface area contributed by atoms with Crippen LogP contribution in [0, 0.1) is 17.2 Å². The van der Waals surface area contributed by atoms with Gasteiger partial charge in [0.05, 0.1) is 11.8 Å². The van der Waals surface area contributed by atoms with Crippen molar-refractivity contribution in [3.63, 3.8) is 0 Å². The number of hydrogen-bond acceptors (Lipinski definition) is 5. The molecule has 0 aliphatic carbocycles. The molecule has 18 heavy (non-hydrogen) atoms. The number of carbonyl (C=O) groups excluding carboxylic acids is 2. The number of esters is 1. The lowest BCUT2D eigenvalue weighted by molar-refractivity contribution is -0.146. The van der Waals surface area contributed by atoms with Crippen molar-refractivity contribution in [1.29, 1.82) is 5.26 Å². The van der Waals surface area contributed by atoms with E-state index in [9.17, 15) is 9.59 Å². The summed E-state index contributed by atoms with van der Waals surface area (Å²) in [5, 5.41) is 8.59. The quantitative estimate of drug-likeness (QED) is 0.558. The zero-order chi connectivity index (χ0) is 12.8. The highest BCUT2D eigenvalue weighted by molar-refractivity contribution is 8.01. The molecule has 1 rings (SSSR count). The summed E-state index contributed by atoms with van der Waals surface area (Å²) in [5.41, 5.74) is 0. The van der Waals surface area contributed by atoms with E-state index in [1.165, 1.54) is 22.7 Å². The molecule has 0 N–H and O–H groups in total. The average Bonchev–Trinajstić information content (AvgIpc) is 2.69. The zero-order valence-electron chi connectivity index (χ0n) is 9.59. The highest BCUT2D eigenvalue weighted by atomic mass is 32.2. The van der Waals surface area contributed by atoms with Gasteiger partial charge in [0.25, 0.3) is 0 Å². The molecule has 0 spiro atoms. The standard InChI is InChI=1S/C11H14N2O3S.CH4/c1-3-5-16-11(15)8(6-12)10-13(4-2)9(14)7-17-10;/h3,8,10H,1,4-5,7H2,2H3;1H4/t8?,10-;/m0./s1. The summed E-state index contributed by atoms with van der Waals surface area (Å²) < 4.78 is 4.85. The van der Waals surface area contributed by atoms with E-state index in [4.69, 9.17) is 10.00 Å². The van der Waals surface area contributed by atoms with Gasteiger partial charge in [0, 0.05) is 6.54 Å².